The number of halogens is 3. The standard InChI is InChI=1S/C27H41F3N2O/c1-19(2)15-25(18-26(5,6)22-7-9-23(10-8-22)27(28,29)30)32-13-11-31(12-14-32)24-16-20(3)33-21(4)17-24/h7-10,15,20-21,24-25H,11-14,16-18H2,1-6H3. The van der Waals surface area contributed by atoms with Gasteiger partial charge in [0.2, 0.25) is 0 Å². The topological polar surface area (TPSA) is 15.7 Å². The first-order valence-corrected chi connectivity index (χ1v) is 12.3. The van der Waals surface area contributed by atoms with Gasteiger partial charge in [0.05, 0.1) is 17.8 Å². The molecule has 0 amide bonds. The fraction of sp³-hybridized carbons (Fsp3) is 0.704. The van der Waals surface area contributed by atoms with Crippen LogP contribution in [0.1, 0.15) is 71.9 Å². The lowest BCUT2D eigenvalue weighted by atomic mass is 9.78. The molecule has 0 saturated carbocycles. The Morgan fingerprint density at radius 2 is 1.48 bits per heavy atom. The molecule has 0 N–H and O–H groups in total. The van der Waals surface area contributed by atoms with Crippen LogP contribution in [-0.2, 0) is 16.3 Å². The van der Waals surface area contributed by atoms with Gasteiger partial charge >= 0.3 is 6.18 Å². The number of nitrogens with zero attached hydrogens (tertiary/aromatic N) is 2. The molecule has 2 aliphatic heterocycles. The van der Waals surface area contributed by atoms with Crippen molar-refractivity contribution in [2.45, 2.75) is 96.7 Å². The number of piperazine rings is 1. The highest BCUT2D eigenvalue weighted by molar-refractivity contribution is 5.30. The molecule has 6 heteroatoms. The Labute approximate surface area is 198 Å². The van der Waals surface area contributed by atoms with Gasteiger partial charge < -0.3 is 4.74 Å². The average Bonchev–Trinajstić information content (AvgIpc) is 2.72. The minimum atomic E-state index is -4.30. The monoisotopic (exact) mass is 466 g/mol. The van der Waals surface area contributed by atoms with Gasteiger partial charge in [0.25, 0.3) is 0 Å². The van der Waals surface area contributed by atoms with Crippen LogP contribution in [0.5, 0.6) is 0 Å². The van der Waals surface area contributed by atoms with E-state index in [2.05, 4.69) is 57.4 Å². The van der Waals surface area contributed by atoms with Crippen molar-refractivity contribution in [1.82, 2.24) is 9.80 Å². The fourth-order valence-electron chi connectivity index (χ4n) is 5.53. The fourth-order valence-corrected chi connectivity index (χ4v) is 5.53. The molecule has 33 heavy (non-hydrogen) atoms. The van der Waals surface area contributed by atoms with Gasteiger partial charge in [-0.2, -0.15) is 13.2 Å². The molecule has 1 aromatic rings. The summed E-state index contributed by atoms with van der Waals surface area (Å²) in [7, 11) is 0. The molecule has 0 bridgehead atoms. The average molecular weight is 467 g/mol. The highest BCUT2D eigenvalue weighted by atomic mass is 19.4. The van der Waals surface area contributed by atoms with E-state index in [1.807, 2.05) is 0 Å². The second-order valence-corrected chi connectivity index (χ2v) is 10.9. The highest BCUT2D eigenvalue weighted by Gasteiger charge is 2.35. The lowest BCUT2D eigenvalue weighted by Crippen LogP contribution is -2.55. The minimum Gasteiger partial charge on any atom is -0.375 e. The zero-order chi connectivity index (χ0) is 24.4. The van der Waals surface area contributed by atoms with Gasteiger partial charge in [0.15, 0.2) is 0 Å². The van der Waals surface area contributed by atoms with Gasteiger partial charge in [-0.05, 0) is 70.1 Å². The molecule has 0 aliphatic carbocycles. The number of rotatable bonds is 6. The number of ether oxygens (including phenoxy) is 1. The summed E-state index contributed by atoms with van der Waals surface area (Å²) in [5.74, 6) is 0. The van der Waals surface area contributed by atoms with Crippen LogP contribution in [0.4, 0.5) is 13.2 Å². The third kappa shape index (κ3) is 7.06. The Morgan fingerprint density at radius 1 is 0.970 bits per heavy atom. The van der Waals surface area contributed by atoms with Crippen molar-refractivity contribution in [1.29, 1.82) is 0 Å². The summed E-state index contributed by atoms with van der Waals surface area (Å²) in [5, 5.41) is 0. The van der Waals surface area contributed by atoms with Crippen molar-refractivity contribution in [3.8, 4) is 0 Å². The van der Waals surface area contributed by atoms with Crippen molar-refractivity contribution in [2.75, 3.05) is 26.2 Å². The lowest BCUT2D eigenvalue weighted by Gasteiger charge is -2.46. The van der Waals surface area contributed by atoms with Crippen molar-refractivity contribution in [2.24, 2.45) is 0 Å². The first-order valence-electron chi connectivity index (χ1n) is 12.3. The van der Waals surface area contributed by atoms with Crippen LogP contribution in [0.2, 0.25) is 0 Å². The minimum absolute atomic E-state index is 0.233. The second-order valence-electron chi connectivity index (χ2n) is 10.9. The molecule has 2 aliphatic rings. The third-order valence-electron chi connectivity index (χ3n) is 7.25. The van der Waals surface area contributed by atoms with Gasteiger partial charge in [-0.3, -0.25) is 9.80 Å². The molecule has 3 atom stereocenters. The van der Waals surface area contributed by atoms with E-state index in [9.17, 15) is 13.2 Å². The molecule has 2 saturated heterocycles. The summed E-state index contributed by atoms with van der Waals surface area (Å²) in [6.45, 7) is 17.0. The van der Waals surface area contributed by atoms with Crippen molar-refractivity contribution < 1.29 is 17.9 Å². The van der Waals surface area contributed by atoms with E-state index in [0.717, 1.165) is 51.0 Å². The summed E-state index contributed by atoms with van der Waals surface area (Å²) in [4.78, 5) is 5.19. The number of alkyl halides is 3. The Balaban J connectivity index is 1.67. The maximum Gasteiger partial charge on any atom is 0.416 e. The molecule has 1 aromatic carbocycles. The van der Waals surface area contributed by atoms with E-state index < -0.39 is 11.7 Å². The molecular formula is C27H41F3N2O. The molecule has 0 aromatic heterocycles. The number of hydrogen-bond donors (Lipinski definition) is 0. The number of hydrogen-bond acceptors (Lipinski definition) is 3. The highest BCUT2D eigenvalue weighted by Crippen LogP contribution is 2.35. The Morgan fingerprint density at radius 3 is 1.97 bits per heavy atom. The predicted octanol–water partition coefficient (Wildman–Crippen LogP) is 6.28. The smallest absolute Gasteiger partial charge is 0.375 e. The quantitative estimate of drug-likeness (QED) is 0.459. The molecule has 3 nitrogen and oxygen atoms in total. The maximum absolute atomic E-state index is 13.0. The van der Waals surface area contributed by atoms with Crippen LogP contribution in [0.3, 0.4) is 0 Å². The molecular weight excluding hydrogens is 425 g/mol. The van der Waals surface area contributed by atoms with Crippen LogP contribution in [-0.4, -0.2) is 60.3 Å². The molecule has 3 unspecified atom stereocenters. The van der Waals surface area contributed by atoms with Crippen molar-refractivity contribution in [3.63, 3.8) is 0 Å². The normalized spacial score (nSPS) is 26.8. The van der Waals surface area contributed by atoms with Gasteiger partial charge in [0.1, 0.15) is 0 Å². The summed E-state index contributed by atoms with van der Waals surface area (Å²) in [6.07, 6.45) is 1.74. The second kappa shape index (κ2) is 10.5. The van der Waals surface area contributed by atoms with E-state index in [4.69, 9.17) is 4.74 Å². The Kier molecular flexibility index (Phi) is 8.34. The van der Waals surface area contributed by atoms with Gasteiger partial charge in [0, 0.05) is 38.3 Å². The van der Waals surface area contributed by atoms with Crippen LogP contribution < -0.4 is 0 Å². The zero-order valence-corrected chi connectivity index (χ0v) is 21.1. The molecule has 2 heterocycles. The molecule has 2 fully saturated rings. The lowest BCUT2D eigenvalue weighted by molar-refractivity contribution is -0.137. The Hall–Kier alpha value is -1.37. The van der Waals surface area contributed by atoms with Crippen LogP contribution in [0.15, 0.2) is 35.9 Å². The summed E-state index contributed by atoms with van der Waals surface area (Å²) in [5.41, 5.74) is 1.41. The van der Waals surface area contributed by atoms with Gasteiger partial charge in [-0.1, -0.05) is 37.6 Å². The Bertz CT molecular complexity index is 781. The van der Waals surface area contributed by atoms with Crippen LogP contribution in [0, 0.1) is 0 Å². The van der Waals surface area contributed by atoms with E-state index in [0.29, 0.717) is 18.2 Å². The van der Waals surface area contributed by atoms with Crippen molar-refractivity contribution >= 4 is 0 Å². The molecule has 0 radical (unpaired) electrons. The SMILES string of the molecule is CC(C)=CC(CC(C)(C)c1ccc(C(F)(F)F)cc1)N1CCN(C2CC(C)OC(C)C2)CC1. The maximum atomic E-state index is 13.0. The first kappa shape index (κ1) is 26.2. The molecule has 3 rings (SSSR count). The van der Waals surface area contributed by atoms with E-state index in [1.54, 1.807) is 12.1 Å². The third-order valence-corrected chi connectivity index (χ3v) is 7.25. The molecule has 0 spiro atoms. The summed E-state index contributed by atoms with van der Waals surface area (Å²) in [6, 6.07) is 6.57. The van der Waals surface area contributed by atoms with Crippen LogP contribution in [0.25, 0.3) is 0 Å². The first-order chi connectivity index (χ1) is 15.3. The van der Waals surface area contributed by atoms with E-state index in [-0.39, 0.29) is 11.5 Å². The van der Waals surface area contributed by atoms with E-state index in [1.165, 1.54) is 17.7 Å². The van der Waals surface area contributed by atoms with E-state index >= 15 is 0 Å². The van der Waals surface area contributed by atoms with Crippen molar-refractivity contribution in [3.05, 3.63) is 47.0 Å². The number of allylic oxidation sites excluding steroid dienone is 1. The van der Waals surface area contributed by atoms with Gasteiger partial charge in [-0.25, -0.2) is 0 Å². The number of benzene rings is 1. The zero-order valence-electron chi connectivity index (χ0n) is 21.1. The van der Waals surface area contributed by atoms with Crippen LogP contribution >= 0.6 is 0 Å². The predicted molar refractivity (Wildman–Crippen MR) is 128 cm³/mol. The van der Waals surface area contributed by atoms with Gasteiger partial charge in [-0.15, -0.1) is 0 Å². The summed E-state index contributed by atoms with van der Waals surface area (Å²) < 4.78 is 44.9. The summed E-state index contributed by atoms with van der Waals surface area (Å²) >= 11 is 0. The largest absolute Gasteiger partial charge is 0.416 e. The molecule has 186 valence electrons.